The predicted octanol–water partition coefficient (Wildman–Crippen LogP) is 1.96. The molecule has 0 aromatic carbocycles. The van der Waals surface area contributed by atoms with E-state index in [1.165, 1.54) is 6.42 Å². The van der Waals surface area contributed by atoms with Crippen LogP contribution < -0.4 is 0 Å². The van der Waals surface area contributed by atoms with Crippen LogP contribution in [0.15, 0.2) is 0 Å². The van der Waals surface area contributed by atoms with Gasteiger partial charge in [-0.15, -0.1) is 5.92 Å². The molecular formula is C18H27NO3. The van der Waals surface area contributed by atoms with Crippen molar-refractivity contribution in [3.63, 3.8) is 0 Å². The van der Waals surface area contributed by atoms with Crippen LogP contribution in [-0.4, -0.2) is 47.3 Å². The highest BCUT2D eigenvalue weighted by atomic mass is 16.6. The molecule has 4 rings (SSSR count). The third-order valence-electron chi connectivity index (χ3n) is 5.68. The molecule has 4 heteroatoms. The summed E-state index contributed by atoms with van der Waals surface area (Å²) in [4.78, 5) is 15.1. The van der Waals surface area contributed by atoms with Crippen molar-refractivity contribution >= 4 is 5.97 Å². The van der Waals surface area contributed by atoms with Gasteiger partial charge >= 0.3 is 5.97 Å². The Bertz CT molecular complexity index is 466. The van der Waals surface area contributed by atoms with Crippen LogP contribution in [0.1, 0.15) is 51.9 Å². The van der Waals surface area contributed by atoms with E-state index in [-0.39, 0.29) is 12.0 Å². The highest BCUT2D eigenvalue weighted by Crippen LogP contribution is 2.35. The number of aliphatic hydroxyl groups is 1. The standard InChI is InChI=1S/C18H27NO3/c1-2-10-18(21,15-6-4-3-5-7-15)17(20)22-16-13-19-11-8-14(16)9-12-19/h14-16,21H,3-9,11-13H2,1H3. The zero-order chi connectivity index (χ0) is 15.6. The van der Waals surface area contributed by atoms with E-state index in [2.05, 4.69) is 16.7 Å². The molecule has 3 aliphatic heterocycles. The summed E-state index contributed by atoms with van der Waals surface area (Å²) in [6.07, 6.45) is 7.15. The van der Waals surface area contributed by atoms with E-state index in [0.29, 0.717) is 5.92 Å². The summed E-state index contributed by atoms with van der Waals surface area (Å²) in [5.41, 5.74) is -1.61. The zero-order valence-electron chi connectivity index (χ0n) is 13.5. The molecule has 2 unspecified atom stereocenters. The zero-order valence-corrected chi connectivity index (χ0v) is 13.5. The topological polar surface area (TPSA) is 49.8 Å². The maximum atomic E-state index is 12.7. The Hall–Kier alpha value is -1.05. The maximum absolute atomic E-state index is 12.7. The fraction of sp³-hybridized carbons (Fsp3) is 0.833. The van der Waals surface area contributed by atoms with Crippen molar-refractivity contribution in [2.75, 3.05) is 19.6 Å². The van der Waals surface area contributed by atoms with Gasteiger partial charge in [0.15, 0.2) is 0 Å². The van der Waals surface area contributed by atoms with Gasteiger partial charge in [-0.05, 0) is 51.6 Å². The lowest BCUT2D eigenvalue weighted by atomic mass is 9.77. The summed E-state index contributed by atoms with van der Waals surface area (Å²) in [6.45, 7) is 4.72. The third kappa shape index (κ3) is 3.02. The van der Waals surface area contributed by atoms with Crippen LogP contribution >= 0.6 is 0 Å². The van der Waals surface area contributed by atoms with Crippen molar-refractivity contribution in [1.29, 1.82) is 0 Å². The minimum atomic E-state index is -1.61. The molecule has 0 radical (unpaired) electrons. The summed E-state index contributed by atoms with van der Waals surface area (Å²) in [5.74, 6) is 5.40. The minimum Gasteiger partial charge on any atom is -0.458 e. The fourth-order valence-electron chi connectivity index (χ4n) is 4.30. The van der Waals surface area contributed by atoms with Gasteiger partial charge in [-0.3, -0.25) is 4.90 Å². The van der Waals surface area contributed by atoms with E-state index >= 15 is 0 Å². The van der Waals surface area contributed by atoms with Crippen LogP contribution in [-0.2, 0) is 9.53 Å². The van der Waals surface area contributed by atoms with Crippen LogP contribution in [0, 0.1) is 23.7 Å². The van der Waals surface area contributed by atoms with Gasteiger partial charge in [-0.25, -0.2) is 4.79 Å². The molecular weight excluding hydrogens is 278 g/mol. The van der Waals surface area contributed by atoms with E-state index < -0.39 is 11.6 Å². The molecule has 2 atom stereocenters. The number of esters is 1. The average molecular weight is 305 g/mol. The molecule has 0 spiro atoms. The molecule has 4 fully saturated rings. The van der Waals surface area contributed by atoms with E-state index in [0.717, 1.165) is 58.2 Å². The van der Waals surface area contributed by atoms with Crippen LogP contribution in [0.2, 0.25) is 0 Å². The van der Waals surface area contributed by atoms with Crippen molar-refractivity contribution in [3.8, 4) is 11.8 Å². The first-order valence-electron chi connectivity index (χ1n) is 8.73. The molecule has 122 valence electrons. The van der Waals surface area contributed by atoms with Gasteiger partial charge in [-0.1, -0.05) is 25.2 Å². The van der Waals surface area contributed by atoms with Gasteiger partial charge in [-0.2, -0.15) is 0 Å². The molecule has 3 heterocycles. The number of hydrogen-bond acceptors (Lipinski definition) is 4. The van der Waals surface area contributed by atoms with Gasteiger partial charge in [0.25, 0.3) is 0 Å². The van der Waals surface area contributed by atoms with Crippen LogP contribution in [0.4, 0.5) is 0 Å². The summed E-state index contributed by atoms with van der Waals surface area (Å²) >= 11 is 0. The molecule has 1 saturated carbocycles. The molecule has 22 heavy (non-hydrogen) atoms. The minimum absolute atomic E-state index is 0.0660. The lowest BCUT2D eigenvalue weighted by molar-refractivity contribution is -0.180. The number of nitrogens with zero attached hydrogens (tertiary/aromatic N) is 1. The van der Waals surface area contributed by atoms with Crippen LogP contribution in [0.25, 0.3) is 0 Å². The number of fused-ring (bicyclic) bond motifs is 3. The third-order valence-corrected chi connectivity index (χ3v) is 5.68. The highest BCUT2D eigenvalue weighted by molar-refractivity contribution is 5.84. The molecule has 4 nitrogen and oxygen atoms in total. The number of ether oxygens (including phenoxy) is 1. The lowest BCUT2D eigenvalue weighted by Gasteiger charge is -2.45. The summed E-state index contributed by atoms with van der Waals surface area (Å²) in [7, 11) is 0. The molecule has 0 aromatic heterocycles. The number of hydrogen-bond donors (Lipinski definition) is 1. The van der Waals surface area contributed by atoms with E-state index in [1.807, 2.05) is 0 Å². The number of piperidine rings is 3. The molecule has 0 aromatic rings. The first kappa shape index (κ1) is 15.8. The van der Waals surface area contributed by atoms with Crippen molar-refractivity contribution in [2.45, 2.75) is 63.6 Å². The Morgan fingerprint density at radius 3 is 2.41 bits per heavy atom. The fourth-order valence-corrected chi connectivity index (χ4v) is 4.30. The second-order valence-electron chi connectivity index (χ2n) is 7.06. The maximum Gasteiger partial charge on any atom is 0.351 e. The average Bonchev–Trinajstić information content (AvgIpc) is 2.57. The summed E-state index contributed by atoms with van der Waals surface area (Å²) in [5, 5.41) is 10.9. The highest BCUT2D eigenvalue weighted by Gasteiger charge is 2.47. The van der Waals surface area contributed by atoms with E-state index in [1.54, 1.807) is 6.92 Å². The van der Waals surface area contributed by atoms with E-state index in [9.17, 15) is 9.90 Å². The molecule has 1 N–H and O–H groups in total. The van der Waals surface area contributed by atoms with Crippen molar-refractivity contribution in [1.82, 2.24) is 4.90 Å². The summed E-state index contributed by atoms with van der Waals surface area (Å²) < 4.78 is 5.76. The first-order chi connectivity index (χ1) is 10.6. The predicted molar refractivity (Wildman–Crippen MR) is 84.0 cm³/mol. The van der Waals surface area contributed by atoms with Crippen molar-refractivity contribution in [2.24, 2.45) is 11.8 Å². The normalized spacial score (nSPS) is 34.4. The first-order valence-corrected chi connectivity index (χ1v) is 8.73. The smallest absolute Gasteiger partial charge is 0.351 e. The number of carbonyl (C=O) groups excluding carboxylic acids is 1. The van der Waals surface area contributed by atoms with Gasteiger partial charge in [0.2, 0.25) is 5.60 Å². The van der Waals surface area contributed by atoms with Gasteiger partial charge in [0, 0.05) is 12.5 Å². The Kier molecular flexibility index (Phi) is 4.75. The Morgan fingerprint density at radius 1 is 1.18 bits per heavy atom. The second-order valence-corrected chi connectivity index (χ2v) is 7.06. The molecule has 2 bridgehead atoms. The monoisotopic (exact) mass is 305 g/mol. The van der Waals surface area contributed by atoms with E-state index in [4.69, 9.17) is 4.74 Å². The lowest BCUT2D eigenvalue weighted by Crippen LogP contribution is -2.55. The molecule has 1 aliphatic carbocycles. The molecule has 3 saturated heterocycles. The Balaban J connectivity index is 1.70. The van der Waals surface area contributed by atoms with Crippen LogP contribution in [0.5, 0.6) is 0 Å². The van der Waals surface area contributed by atoms with Gasteiger partial charge < -0.3 is 9.84 Å². The molecule has 0 amide bonds. The Labute approximate surface area is 133 Å². The number of rotatable bonds is 3. The second kappa shape index (κ2) is 6.60. The van der Waals surface area contributed by atoms with Gasteiger partial charge in [0.1, 0.15) is 6.10 Å². The molecule has 4 aliphatic rings. The largest absolute Gasteiger partial charge is 0.458 e. The van der Waals surface area contributed by atoms with Gasteiger partial charge in [0.05, 0.1) is 0 Å². The number of carbonyl (C=O) groups is 1. The quantitative estimate of drug-likeness (QED) is 0.640. The van der Waals surface area contributed by atoms with Crippen LogP contribution in [0.3, 0.4) is 0 Å². The SMILES string of the molecule is CC#CC(O)(C(=O)OC1CN2CCC1CC2)C1CCCCC1. The van der Waals surface area contributed by atoms with Crippen molar-refractivity contribution < 1.29 is 14.6 Å². The Morgan fingerprint density at radius 2 is 1.86 bits per heavy atom. The summed E-state index contributed by atoms with van der Waals surface area (Å²) in [6, 6.07) is 0. The van der Waals surface area contributed by atoms with Crippen molar-refractivity contribution in [3.05, 3.63) is 0 Å².